The van der Waals surface area contributed by atoms with Crippen molar-refractivity contribution in [3.05, 3.63) is 23.8 Å². The second kappa shape index (κ2) is 12.0. The van der Waals surface area contributed by atoms with E-state index in [-0.39, 0.29) is 24.3 Å². The molecule has 1 radical (unpaired) electrons. The normalized spacial score (nSPS) is 11.7. The molecule has 0 aliphatic rings. The van der Waals surface area contributed by atoms with E-state index in [2.05, 4.69) is 32.5 Å². The standard InChI is InChI=1S/C16H25NO4.Al.HI/c1-4-5-6-7-14(16(18)19)17-11-12-8-9-13(20-2)10-15(12)21-3;;/h8-10,14,17H,4-7,11H2,1-3H3,(H,18,19);;1H/q;+2;/p-2/t14-;;/m0../s1. The molecule has 1 aromatic rings. The summed E-state index contributed by atoms with van der Waals surface area (Å²) >= 11 is 1.81. The predicted molar refractivity (Wildman–Crippen MR) is 100 cm³/mol. The van der Waals surface area contributed by atoms with Gasteiger partial charge >= 0.3 is 12.3 Å². The maximum Gasteiger partial charge on any atom is 0.627 e. The van der Waals surface area contributed by atoms with Gasteiger partial charge in [-0.3, -0.25) is 4.79 Å². The van der Waals surface area contributed by atoms with Crippen molar-refractivity contribution >= 4 is 38.5 Å². The van der Waals surface area contributed by atoms with Crippen LogP contribution < -0.4 is 14.8 Å². The van der Waals surface area contributed by atoms with E-state index in [1.54, 1.807) is 14.2 Å². The molecule has 1 aromatic carbocycles. The molecule has 1 rings (SSSR count). The number of halogens is 1. The molecule has 0 aliphatic carbocycles. The van der Waals surface area contributed by atoms with Gasteiger partial charge in [0.25, 0.3) is 5.97 Å². The number of unbranched alkanes of at least 4 members (excludes halogenated alkanes) is 2. The highest BCUT2D eigenvalue weighted by atomic mass is 127. The van der Waals surface area contributed by atoms with Crippen LogP contribution in [-0.2, 0) is 15.1 Å². The van der Waals surface area contributed by atoms with Crippen molar-refractivity contribution in [3.8, 4) is 11.5 Å². The van der Waals surface area contributed by atoms with E-state index in [9.17, 15) is 4.79 Å². The Labute approximate surface area is 156 Å². The van der Waals surface area contributed by atoms with Crippen molar-refractivity contribution < 1.29 is 18.1 Å². The Morgan fingerprint density at radius 3 is 2.70 bits per heavy atom. The summed E-state index contributed by atoms with van der Waals surface area (Å²) in [7, 11) is 3.25. The molecule has 0 unspecified atom stereocenters. The minimum atomic E-state index is -0.312. The number of ether oxygens (including phenoxy) is 2. The largest absolute Gasteiger partial charge is 0.627 e. The summed E-state index contributed by atoms with van der Waals surface area (Å²) in [5.41, 5.74) is 0.989. The predicted octanol–water partition coefficient (Wildman–Crippen LogP) is 3.25. The van der Waals surface area contributed by atoms with Crippen LogP contribution in [0.4, 0.5) is 0 Å². The van der Waals surface area contributed by atoms with Crippen LogP contribution in [0.5, 0.6) is 11.5 Å². The molecule has 127 valence electrons. The fourth-order valence-corrected chi connectivity index (χ4v) is 3.26. The minimum Gasteiger partial charge on any atom is -0.613 e. The third-order valence-electron chi connectivity index (χ3n) is 3.57. The van der Waals surface area contributed by atoms with Gasteiger partial charge in [-0.1, -0.05) is 32.3 Å². The fourth-order valence-electron chi connectivity index (χ4n) is 2.26. The molecule has 0 heterocycles. The molecule has 5 nitrogen and oxygen atoms in total. The Kier molecular flexibility index (Phi) is 10.7. The van der Waals surface area contributed by atoms with Gasteiger partial charge in [0, 0.05) is 18.2 Å². The van der Waals surface area contributed by atoms with E-state index >= 15 is 0 Å². The lowest BCUT2D eigenvalue weighted by atomic mass is 10.1. The summed E-state index contributed by atoms with van der Waals surface area (Å²) in [4.78, 5) is 12.1. The molecule has 0 amide bonds. The van der Waals surface area contributed by atoms with Gasteiger partial charge < -0.3 is 18.6 Å². The van der Waals surface area contributed by atoms with Gasteiger partial charge in [-0.2, -0.15) is 20.3 Å². The zero-order valence-corrected chi connectivity index (χ0v) is 17.2. The molecule has 0 saturated heterocycles. The summed E-state index contributed by atoms with van der Waals surface area (Å²) < 4.78 is 15.8. The monoisotopic (exact) mass is 448 g/mol. The van der Waals surface area contributed by atoms with Crippen LogP contribution in [0.2, 0.25) is 0 Å². The van der Waals surface area contributed by atoms with Gasteiger partial charge in [0.2, 0.25) is 0 Å². The van der Waals surface area contributed by atoms with Crippen molar-refractivity contribution in [2.75, 3.05) is 14.2 Å². The van der Waals surface area contributed by atoms with Gasteiger partial charge in [0.1, 0.15) is 17.5 Å². The van der Waals surface area contributed by atoms with Gasteiger partial charge in [0.15, 0.2) is 0 Å². The van der Waals surface area contributed by atoms with Crippen LogP contribution in [0, 0.1) is 0 Å². The van der Waals surface area contributed by atoms with Crippen LogP contribution in [0.1, 0.15) is 38.2 Å². The molecule has 0 spiro atoms. The first-order chi connectivity index (χ1) is 11.2. The highest BCUT2D eigenvalue weighted by molar-refractivity contribution is 14.1. The van der Waals surface area contributed by atoms with E-state index in [1.807, 2.05) is 18.2 Å². The molecule has 1 atom stereocenters. The number of hydrogen-bond acceptors (Lipinski definition) is 5. The average molecular weight is 448 g/mol. The lowest BCUT2D eigenvalue weighted by Gasteiger charge is -2.19. The number of rotatable bonds is 11. The summed E-state index contributed by atoms with van der Waals surface area (Å²) in [6.45, 7) is 2.70. The van der Waals surface area contributed by atoms with E-state index < -0.39 is 0 Å². The van der Waals surface area contributed by atoms with Crippen molar-refractivity contribution in [2.45, 2.75) is 45.2 Å². The van der Waals surface area contributed by atoms with E-state index in [1.165, 1.54) is 0 Å². The van der Waals surface area contributed by atoms with Crippen molar-refractivity contribution in [1.29, 1.82) is 0 Å². The summed E-state index contributed by atoms with van der Waals surface area (Å²) in [5, 5.41) is 3.31. The summed E-state index contributed by atoms with van der Waals surface area (Å²) in [6, 6.07) is 5.41. The van der Waals surface area contributed by atoms with Crippen LogP contribution in [0.25, 0.3) is 0 Å². The fraction of sp³-hybridized carbons (Fsp3) is 0.562. The molecule has 23 heavy (non-hydrogen) atoms. The molecule has 0 aromatic heterocycles. The van der Waals surface area contributed by atoms with E-state index in [0.717, 1.165) is 42.7 Å². The third-order valence-corrected chi connectivity index (χ3v) is 4.66. The molecule has 0 bridgehead atoms. The quantitative estimate of drug-likeness (QED) is 0.320. The second-order valence-electron chi connectivity index (χ2n) is 5.13. The maximum atomic E-state index is 12.1. The van der Waals surface area contributed by atoms with Crippen LogP contribution in [-0.4, -0.2) is 38.5 Å². The highest BCUT2D eigenvalue weighted by Gasteiger charge is 2.19. The first kappa shape index (κ1) is 20.6. The van der Waals surface area contributed by atoms with Crippen LogP contribution >= 0.6 is 20.3 Å². The zero-order valence-electron chi connectivity index (χ0n) is 13.9. The second-order valence-corrected chi connectivity index (χ2v) is 7.07. The van der Waals surface area contributed by atoms with Crippen molar-refractivity contribution in [1.82, 2.24) is 5.32 Å². The van der Waals surface area contributed by atoms with Crippen molar-refractivity contribution in [2.24, 2.45) is 0 Å². The third kappa shape index (κ3) is 7.29. The maximum absolute atomic E-state index is 12.1. The lowest BCUT2D eigenvalue weighted by molar-refractivity contribution is -0.136. The molecular weight excluding hydrogens is 424 g/mol. The number of methoxy groups -OCH3 is 2. The lowest BCUT2D eigenvalue weighted by Crippen LogP contribution is -2.38. The summed E-state index contributed by atoms with van der Waals surface area (Å²) in [5.74, 6) is 1.34. The number of carbonyl (C=O) groups is 1. The Balaban J connectivity index is 2.70. The Morgan fingerprint density at radius 1 is 1.30 bits per heavy atom. The molecule has 0 saturated carbocycles. The number of carbonyl (C=O) groups excluding carboxylic acids is 1. The minimum absolute atomic E-state index is 0.155. The first-order valence-electron chi connectivity index (χ1n) is 7.72. The zero-order chi connectivity index (χ0) is 17.1. The number of nitrogens with one attached hydrogen (secondary N) is 1. The topological polar surface area (TPSA) is 56.8 Å². The van der Waals surface area contributed by atoms with Crippen LogP contribution in [0.3, 0.4) is 0 Å². The SMILES string of the molecule is CCCCC[C@H](NCc1ccc(OC)cc1OC)C(=O)[O][Al][I]. The highest BCUT2D eigenvalue weighted by Crippen LogP contribution is 2.24. The molecular formula is C16H24AlINO4. The Hall–Kier alpha value is -0.488. The van der Waals surface area contributed by atoms with Crippen molar-refractivity contribution in [3.63, 3.8) is 0 Å². The van der Waals surface area contributed by atoms with E-state index in [0.29, 0.717) is 6.54 Å². The number of benzene rings is 1. The Bertz CT molecular complexity index is 487. The van der Waals surface area contributed by atoms with Gasteiger partial charge in [-0.15, -0.1) is 0 Å². The molecule has 0 aliphatic heterocycles. The Morgan fingerprint density at radius 2 is 2.09 bits per heavy atom. The first-order valence-corrected chi connectivity index (χ1v) is 12.4. The van der Waals surface area contributed by atoms with Gasteiger partial charge in [-0.25, -0.2) is 0 Å². The van der Waals surface area contributed by atoms with Crippen LogP contribution in [0.15, 0.2) is 18.2 Å². The average Bonchev–Trinajstić information content (AvgIpc) is 2.58. The summed E-state index contributed by atoms with van der Waals surface area (Å²) in [6.07, 6.45) is 4.06. The molecule has 0 fully saturated rings. The van der Waals surface area contributed by atoms with E-state index in [4.69, 9.17) is 13.3 Å². The van der Waals surface area contributed by atoms with Gasteiger partial charge in [-0.05, 0) is 12.5 Å². The number of hydrogen-bond donors (Lipinski definition) is 1. The smallest absolute Gasteiger partial charge is 0.613 e. The molecule has 1 N–H and O–H groups in total. The van der Waals surface area contributed by atoms with Gasteiger partial charge in [0.05, 0.1) is 14.2 Å². The molecule has 7 heteroatoms.